The predicted octanol–water partition coefficient (Wildman–Crippen LogP) is 2.62. The molecular weight excluding hydrogens is 837 g/mol. The Morgan fingerprint density at radius 2 is 1.48 bits per heavy atom. The van der Waals surface area contributed by atoms with Gasteiger partial charge in [-0.25, -0.2) is 9.97 Å². The second kappa shape index (κ2) is 18.6. The number of amides is 4. The van der Waals surface area contributed by atoms with E-state index in [-0.39, 0.29) is 41.7 Å². The molecule has 2 aliphatic heterocycles. The summed E-state index contributed by atoms with van der Waals surface area (Å²) in [5.41, 5.74) is 15.6. The number of ether oxygens (including phenoxy) is 3. The number of nitrogens with two attached hydrogens (primary N) is 2. The van der Waals surface area contributed by atoms with Crippen molar-refractivity contribution in [3.63, 3.8) is 0 Å². The van der Waals surface area contributed by atoms with Gasteiger partial charge in [-0.05, 0) is 63.1 Å². The summed E-state index contributed by atoms with van der Waals surface area (Å²) in [5, 5.41) is 18.1. The molecule has 1 spiro atoms. The molecule has 4 aromatic heterocycles. The van der Waals surface area contributed by atoms with E-state index in [1.54, 1.807) is 58.1 Å². The molecule has 65 heavy (non-hydrogen) atoms. The number of nitrogens with zero attached hydrogens (tertiary/aromatic N) is 9. The van der Waals surface area contributed by atoms with Gasteiger partial charge in [0.25, 0.3) is 11.8 Å². The predicted molar refractivity (Wildman–Crippen MR) is 241 cm³/mol. The molecule has 21 nitrogen and oxygen atoms in total. The third-order valence-electron chi connectivity index (χ3n) is 11.6. The number of aromatic nitrogens is 8. The number of fused-ring (bicyclic) bond motifs is 2. The van der Waals surface area contributed by atoms with Crippen molar-refractivity contribution in [2.75, 3.05) is 63.7 Å². The van der Waals surface area contributed by atoms with Crippen molar-refractivity contribution in [2.24, 2.45) is 18.5 Å². The molecule has 2 saturated heterocycles. The molecular formula is C44H54N14O7. The molecule has 2 fully saturated rings. The lowest BCUT2D eigenvalue weighted by atomic mass is 9.92. The van der Waals surface area contributed by atoms with Crippen LogP contribution in [0.15, 0.2) is 48.6 Å². The zero-order valence-corrected chi connectivity index (χ0v) is 37.1. The molecule has 0 saturated carbocycles. The Labute approximate surface area is 374 Å². The Morgan fingerprint density at radius 1 is 0.862 bits per heavy atom. The quantitative estimate of drug-likeness (QED) is 0.0615. The fourth-order valence-electron chi connectivity index (χ4n) is 8.44. The first-order valence-electron chi connectivity index (χ1n) is 21.6. The largest absolute Gasteiger partial charge is 0.494 e. The standard InChI is InChI=1S/C44H54N14O7/c1-6-29-22-32(54(4)53-29)40(61)50-42-49-31-19-28(39(46)60)21-35(64-15-10-12-55-24-44(25-55)23-47-11-16-65-44)37(31)57(42)14-9-8-13-56-36-30(18-27(38(45)59)20-34(36)63-5)48-43(56)51-41(62)33-17-26(3)52-58(33)7-2/h8-9,17-22,47H,6-7,10-16,23-25H2,1-5H3,(H2,45,59)(H2,46,60)(H,48,51,62)(H,49,50,61)/b9-8+. The van der Waals surface area contributed by atoms with Crippen LogP contribution < -0.4 is 36.9 Å². The second-order valence-electron chi connectivity index (χ2n) is 16.2. The highest BCUT2D eigenvalue weighted by atomic mass is 16.5. The van der Waals surface area contributed by atoms with Crippen molar-refractivity contribution in [3.05, 3.63) is 82.5 Å². The average Bonchev–Trinajstić information content (AvgIpc) is 4.05. The lowest BCUT2D eigenvalue weighted by molar-refractivity contribution is -0.156. The maximum Gasteiger partial charge on any atom is 0.276 e. The zero-order chi connectivity index (χ0) is 46.0. The molecule has 4 amide bonds. The molecule has 6 aromatic rings. The van der Waals surface area contributed by atoms with E-state index in [1.165, 1.54) is 17.9 Å². The number of carbonyl (C=O) groups is 4. The molecule has 21 heteroatoms. The number of nitrogens with one attached hydrogen (secondary N) is 3. The molecule has 2 aromatic carbocycles. The van der Waals surface area contributed by atoms with Gasteiger partial charge in [-0.2, -0.15) is 10.2 Å². The molecule has 342 valence electrons. The molecule has 7 N–H and O–H groups in total. The number of hydrogen-bond donors (Lipinski definition) is 5. The first kappa shape index (κ1) is 44.5. The van der Waals surface area contributed by atoms with Crippen LogP contribution >= 0.6 is 0 Å². The first-order chi connectivity index (χ1) is 31.3. The number of benzene rings is 2. The van der Waals surface area contributed by atoms with Crippen LogP contribution in [0.1, 0.15) is 73.3 Å². The van der Waals surface area contributed by atoms with Crippen LogP contribution in [0.25, 0.3) is 22.1 Å². The van der Waals surface area contributed by atoms with Crippen molar-refractivity contribution in [2.45, 2.75) is 58.8 Å². The Hall–Kier alpha value is -7.10. The normalized spacial score (nSPS) is 14.9. The Bertz CT molecular complexity index is 2820. The first-order valence-corrected chi connectivity index (χ1v) is 21.6. The van der Waals surface area contributed by atoms with E-state index in [0.29, 0.717) is 83.2 Å². The maximum absolute atomic E-state index is 13.8. The van der Waals surface area contributed by atoms with Gasteiger partial charge in [0.15, 0.2) is 0 Å². The Kier molecular flexibility index (Phi) is 12.7. The van der Waals surface area contributed by atoms with Crippen LogP contribution in [-0.4, -0.2) is 126 Å². The summed E-state index contributed by atoms with van der Waals surface area (Å²) in [6.07, 6.45) is 5.06. The molecule has 2 aliphatic rings. The van der Waals surface area contributed by atoms with Crippen molar-refractivity contribution >= 4 is 57.6 Å². The van der Waals surface area contributed by atoms with Crippen LogP contribution in [0.2, 0.25) is 0 Å². The number of morpholine rings is 1. The fraction of sp³-hybridized carbons (Fsp3) is 0.409. The highest BCUT2D eigenvalue weighted by Crippen LogP contribution is 2.34. The molecule has 8 rings (SSSR count). The van der Waals surface area contributed by atoms with E-state index in [0.717, 1.165) is 38.4 Å². The number of hydrogen-bond acceptors (Lipinski definition) is 13. The number of aryl methyl sites for hydroxylation is 4. The number of likely N-dealkylation sites (tertiary alicyclic amines) is 1. The number of carbonyl (C=O) groups excluding carboxylic acids is 4. The SMILES string of the molecule is CCc1cc(C(=O)Nc2nc3cc(C(N)=O)cc(OCCCN4CC5(CNCCO5)C4)c3n2C/C=C/Cn2c(NC(=O)c3cc(C)nn3CC)nc3cc(C(N)=O)cc(OC)c32)n(C)n1. The monoisotopic (exact) mass is 890 g/mol. The number of imidazole rings is 2. The van der Waals surface area contributed by atoms with Crippen molar-refractivity contribution in [1.29, 1.82) is 0 Å². The lowest BCUT2D eigenvalue weighted by Crippen LogP contribution is -2.69. The van der Waals surface area contributed by atoms with E-state index in [9.17, 15) is 19.2 Å². The number of primary amides is 2. The van der Waals surface area contributed by atoms with Crippen LogP contribution in [-0.2, 0) is 37.8 Å². The van der Waals surface area contributed by atoms with E-state index in [1.807, 2.05) is 26.0 Å². The van der Waals surface area contributed by atoms with Gasteiger partial charge in [-0.1, -0.05) is 19.1 Å². The van der Waals surface area contributed by atoms with Gasteiger partial charge in [0.1, 0.15) is 39.5 Å². The summed E-state index contributed by atoms with van der Waals surface area (Å²) < 4.78 is 24.8. The molecule has 6 heterocycles. The van der Waals surface area contributed by atoms with Gasteiger partial charge in [-0.3, -0.25) is 44.1 Å². The minimum atomic E-state index is -0.667. The summed E-state index contributed by atoms with van der Waals surface area (Å²) in [5.74, 6) is -1.13. The summed E-state index contributed by atoms with van der Waals surface area (Å²) in [7, 11) is 3.17. The highest BCUT2D eigenvalue weighted by Gasteiger charge is 2.44. The number of anilines is 2. The summed E-state index contributed by atoms with van der Waals surface area (Å²) in [6, 6.07) is 9.65. The van der Waals surface area contributed by atoms with Gasteiger partial charge in [0.05, 0.1) is 42.7 Å². The number of methoxy groups -OCH3 is 1. The Balaban J connectivity index is 1.11. The van der Waals surface area contributed by atoms with Crippen molar-refractivity contribution in [1.82, 2.24) is 48.9 Å². The highest BCUT2D eigenvalue weighted by molar-refractivity contribution is 6.05. The van der Waals surface area contributed by atoms with E-state index in [2.05, 4.69) is 31.0 Å². The van der Waals surface area contributed by atoms with Crippen LogP contribution in [0.4, 0.5) is 11.9 Å². The summed E-state index contributed by atoms with van der Waals surface area (Å²) in [4.78, 5) is 64.2. The van der Waals surface area contributed by atoms with Gasteiger partial charge in [0, 0.05) is 70.5 Å². The minimum absolute atomic E-state index is 0.130. The zero-order valence-electron chi connectivity index (χ0n) is 37.1. The Morgan fingerprint density at radius 3 is 2.03 bits per heavy atom. The van der Waals surface area contributed by atoms with Crippen LogP contribution in [0.5, 0.6) is 11.5 Å². The maximum atomic E-state index is 13.8. The smallest absolute Gasteiger partial charge is 0.276 e. The third-order valence-corrected chi connectivity index (χ3v) is 11.6. The van der Waals surface area contributed by atoms with Crippen molar-refractivity contribution < 1.29 is 33.4 Å². The van der Waals surface area contributed by atoms with Gasteiger partial charge < -0.3 is 40.1 Å². The lowest BCUT2D eigenvalue weighted by Gasteiger charge is -2.51. The summed E-state index contributed by atoms with van der Waals surface area (Å²) >= 11 is 0. The fourth-order valence-corrected chi connectivity index (χ4v) is 8.44. The van der Waals surface area contributed by atoms with E-state index in [4.69, 9.17) is 35.6 Å². The van der Waals surface area contributed by atoms with Crippen LogP contribution in [0, 0.1) is 6.92 Å². The van der Waals surface area contributed by atoms with Gasteiger partial charge in [-0.15, -0.1) is 0 Å². The third kappa shape index (κ3) is 9.15. The van der Waals surface area contributed by atoms with Crippen molar-refractivity contribution in [3.8, 4) is 11.5 Å². The average molecular weight is 891 g/mol. The molecule has 0 atom stereocenters. The van der Waals surface area contributed by atoms with Gasteiger partial charge in [0.2, 0.25) is 23.7 Å². The minimum Gasteiger partial charge on any atom is -0.494 e. The molecule has 0 unspecified atom stereocenters. The second-order valence-corrected chi connectivity index (χ2v) is 16.2. The van der Waals surface area contributed by atoms with Crippen LogP contribution in [0.3, 0.4) is 0 Å². The molecule has 0 radical (unpaired) electrons. The molecule has 0 bridgehead atoms. The van der Waals surface area contributed by atoms with Gasteiger partial charge >= 0.3 is 0 Å². The molecule has 0 aliphatic carbocycles. The van der Waals surface area contributed by atoms with E-state index >= 15 is 0 Å². The summed E-state index contributed by atoms with van der Waals surface area (Å²) in [6.45, 7) is 11.7. The number of allylic oxidation sites excluding steroid dienone is 2. The number of rotatable bonds is 18. The van der Waals surface area contributed by atoms with E-state index < -0.39 is 23.6 Å². The topological polar surface area (TPSA) is 259 Å².